The molecule has 13 heavy (non-hydrogen) atoms. The maximum Gasteiger partial charge on any atom is 0.00892 e. The fraction of sp³-hybridized carbons (Fsp3) is 0.385. The molecule has 1 aromatic rings. The highest BCUT2D eigenvalue weighted by Gasteiger charge is 1.99. The second-order valence-corrected chi connectivity index (χ2v) is 3.42. The van der Waals surface area contributed by atoms with Crippen LogP contribution in [0.1, 0.15) is 29.5 Å². The van der Waals surface area contributed by atoms with Crippen molar-refractivity contribution in [3.8, 4) is 12.3 Å². The first-order valence-corrected chi connectivity index (χ1v) is 4.74. The molecule has 0 fully saturated rings. The predicted molar refractivity (Wildman–Crippen MR) is 57.7 cm³/mol. The Morgan fingerprint density at radius 1 is 1.31 bits per heavy atom. The van der Waals surface area contributed by atoms with E-state index in [-0.39, 0.29) is 0 Å². The molecule has 0 saturated heterocycles. The largest absolute Gasteiger partial charge is 0.120 e. The van der Waals surface area contributed by atoms with Crippen LogP contribution in [0.15, 0.2) is 18.2 Å². The van der Waals surface area contributed by atoms with Crippen LogP contribution in [0.4, 0.5) is 0 Å². The summed E-state index contributed by atoms with van der Waals surface area (Å²) in [6.07, 6.45) is 8.30. The van der Waals surface area contributed by atoms with E-state index in [2.05, 4.69) is 38.0 Å². The van der Waals surface area contributed by atoms with E-state index in [0.29, 0.717) is 0 Å². The van der Waals surface area contributed by atoms with E-state index < -0.39 is 0 Å². The Morgan fingerprint density at radius 3 is 2.77 bits per heavy atom. The third kappa shape index (κ3) is 2.63. The van der Waals surface area contributed by atoms with Crippen molar-refractivity contribution in [3.05, 3.63) is 34.9 Å². The standard InChI is InChI=1S/C13H16/c1-4-5-6-9-13-10-7-8-11(2)12(13)3/h1,7-8,10H,5-6,9H2,2-3H3. The topological polar surface area (TPSA) is 0 Å². The number of terminal acetylenes is 1. The average molecular weight is 172 g/mol. The SMILES string of the molecule is C#CCCCc1cccc(C)c1C. The van der Waals surface area contributed by atoms with E-state index in [9.17, 15) is 0 Å². The zero-order valence-corrected chi connectivity index (χ0v) is 8.43. The average Bonchev–Trinajstić information content (AvgIpc) is 2.13. The molecule has 0 aliphatic rings. The van der Waals surface area contributed by atoms with E-state index in [0.717, 1.165) is 19.3 Å². The minimum atomic E-state index is 0.882. The van der Waals surface area contributed by atoms with Crippen molar-refractivity contribution in [2.24, 2.45) is 0 Å². The molecule has 0 spiro atoms. The Hall–Kier alpha value is -1.22. The minimum absolute atomic E-state index is 0.882. The molecule has 0 heterocycles. The normalized spacial score (nSPS) is 9.62. The summed E-state index contributed by atoms with van der Waals surface area (Å²) in [6, 6.07) is 6.46. The van der Waals surface area contributed by atoms with Gasteiger partial charge < -0.3 is 0 Å². The lowest BCUT2D eigenvalue weighted by molar-refractivity contribution is 0.850. The lowest BCUT2D eigenvalue weighted by Crippen LogP contribution is -1.91. The smallest absolute Gasteiger partial charge is 0.00892 e. The molecule has 0 amide bonds. The van der Waals surface area contributed by atoms with Crippen LogP contribution in [0, 0.1) is 26.2 Å². The molecule has 0 radical (unpaired) electrons. The molecule has 0 atom stereocenters. The molecule has 1 rings (SSSR count). The summed E-state index contributed by atoms with van der Waals surface area (Å²) < 4.78 is 0. The zero-order chi connectivity index (χ0) is 9.68. The highest BCUT2D eigenvalue weighted by atomic mass is 14.0. The highest BCUT2D eigenvalue weighted by Crippen LogP contribution is 2.14. The Bertz CT molecular complexity index is 315. The van der Waals surface area contributed by atoms with Gasteiger partial charge in [-0.3, -0.25) is 0 Å². The van der Waals surface area contributed by atoms with Crippen molar-refractivity contribution < 1.29 is 0 Å². The summed E-state index contributed by atoms with van der Waals surface area (Å²) in [5.41, 5.74) is 4.23. The fourth-order valence-electron chi connectivity index (χ4n) is 1.46. The van der Waals surface area contributed by atoms with Gasteiger partial charge in [0.15, 0.2) is 0 Å². The van der Waals surface area contributed by atoms with Crippen molar-refractivity contribution in [2.75, 3.05) is 0 Å². The molecule has 0 heteroatoms. The molecule has 0 unspecified atom stereocenters. The van der Waals surface area contributed by atoms with Crippen molar-refractivity contribution in [3.63, 3.8) is 0 Å². The van der Waals surface area contributed by atoms with Gasteiger partial charge in [-0.2, -0.15) is 0 Å². The van der Waals surface area contributed by atoms with E-state index in [4.69, 9.17) is 6.42 Å². The number of aryl methyl sites for hydroxylation is 2. The van der Waals surface area contributed by atoms with Crippen LogP contribution < -0.4 is 0 Å². The number of rotatable bonds is 3. The van der Waals surface area contributed by atoms with Crippen molar-refractivity contribution in [2.45, 2.75) is 33.1 Å². The molecule has 0 nitrogen and oxygen atoms in total. The lowest BCUT2D eigenvalue weighted by atomic mass is 9.99. The fourth-order valence-corrected chi connectivity index (χ4v) is 1.46. The quantitative estimate of drug-likeness (QED) is 0.485. The van der Waals surface area contributed by atoms with Gasteiger partial charge in [0.25, 0.3) is 0 Å². The Kier molecular flexibility index (Phi) is 3.58. The third-order valence-corrected chi connectivity index (χ3v) is 2.48. The number of unbranched alkanes of at least 4 members (excludes halogenated alkanes) is 1. The van der Waals surface area contributed by atoms with Gasteiger partial charge in [0.05, 0.1) is 0 Å². The first kappa shape index (κ1) is 9.86. The number of hydrogen-bond donors (Lipinski definition) is 0. The minimum Gasteiger partial charge on any atom is -0.120 e. The number of benzene rings is 1. The first-order chi connectivity index (χ1) is 6.25. The maximum absolute atomic E-state index is 5.21. The molecule has 0 N–H and O–H groups in total. The van der Waals surface area contributed by atoms with Gasteiger partial charge >= 0.3 is 0 Å². The van der Waals surface area contributed by atoms with Crippen LogP contribution in [0.2, 0.25) is 0 Å². The van der Waals surface area contributed by atoms with Crippen LogP contribution in [-0.2, 0) is 6.42 Å². The van der Waals surface area contributed by atoms with E-state index in [1.807, 2.05) is 0 Å². The van der Waals surface area contributed by atoms with Gasteiger partial charge in [0.1, 0.15) is 0 Å². The number of hydrogen-bond acceptors (Lipinski definition) is 0. The Balaban J connectivity index is 2.67. The van der Waals surface area contributed by atoms with Gasteiger partial charge in [-0.15, -0.1) is 12.3 Å². The summed E-state index contributed by atoms with van der Waals surface area (Å²) in [6.45, 7) is 4.33. The second kappa shape index (κ2) is 4.72. The van der Waals surface area contributed by atoms with Crippen LogP contribution in [0.5, 0.6) is 0 Å². The van der Waals surface area contributed by atoms with Crippen LogP contribution in [-0.4, -0.2) is 0 Å². The summed E-state index contributed by atoms with van der Waals surface area (Å²) in [5.74, 6) is 2.67. The summed E-state index contributed by atoms with van der Waals surface area (Å²) in [5, 5.41) is 0. The molecule has 0 aliphatic heterocycles. The maximum atomic E-state index is 5.21. The Morgan fingerprint density at radius 2 is 2.08 bits per heavy atom. The lowest BCUT2D eigenvalue weighted by Gasteiger charge is -2.06. The zero-order valence-electron chi connectivity index (χ0n) is 8.43. The van der Waals surface area contributed by atoms with E-state index >= 15 is 0 Å². The van der Waals surface area contributed by atoms with Gasteiger partial charge in [-0.05, 0) is 43.4 Å². The van der Waals surface area contributed by atoms with Crippen molar-refractivity contribution in [1.29, 1.82) is 0 Å². The molecule has 0 saturated carbocycles. The van der Waals surface area contributed by atoms with Crippen LogP contribution in [0.3, 0.4) is 0 Å². The summed E-state index contributed by atoms with van der Waals surface area (Å²) in [4.78, 5) is 0. The Labute approximate surface area is 81.0 Å². The van der Waals surface area contributed by atoms with Crippen LogP contribution in [0.25, 0.3) is 0 Å². The van der Waals surface area contributed by atoms with Gasteiger partial charge in [-0.1, -0.05) is 18.2 Å². The van der Waals surface area contributed by atoms with Crippen molar-refractivity contribution >= 4 is 0 Å². The second-order valence-electron chi connectivity index (χ2n) is 3.42. The molecule has 0 bridgehead atoms. The molecule has 1 aromatic carbocycles. The monoisotopic (exact) mass is 172 g/mol. The van der Waals surface area contributed by atoms with Crippen molar-refractivity contribution in [1.82, 2.24) is 0 Å². The molecular weight excluding hydrogens is 156 g/mol. The molecular formula is C13H16. The van der Waals surface area contributed by atoms with Gasteiger partial charge in [-0.25, -0.2) is 0 Å². The van der Waals surface area contributed by atoms with Crippen LogP contribution >= 0.6 is 0 Å². The molecule has 68 valence electrons. The van der Waals surface area contributed by atoms with E-state index in [1.54, 1.807) is 0 Å². The molecule has 0 aromatic heterocycles. The third-order valence-electron chi connectivity index (χ3n) is 2.48. The van der Waals surface area contributed by atoms with Gasteiger partial charge in [0, 0.05) is 6.42 Å². The first-order valence-electron chi connectivity index (χ1n) is 4.74. The summed E-state index contributed by atoms with van der Waals surface area (Å²) >= 11 is 0. The van der Waals surface area contributed by atoms with Gasteiger partial charge in [0.2, 0.25) is 0 Å². The van der Waals surface area contributed by atoms with E-state index in [1.165, 1.54) is 16.7 Å². The predicted octanol–water partition coefficient (Wildman–Crippen LogP) is 3.26. The molecule has 0 aliphatic carbocycles. The summed E-state index contributed by atoms with van der Waals surface area (Å²) in [7, 11) is 0. The highest BCUT2D eigenvalue weighted by molar-refractivity contribution is 5.33.